The number of carbonyl (C=O) groups excluding carboxylic acids is 2. The first kappa shape index (κ1) is 11.9. The molecule has 0 aromatic heterocycles. The molecule has 0 radical (unpaired) electrons. The van der Waals surface area contributed by atoms with E-state index in [2.05, 4.69) is 14.7 Å². The van der Waals surface area contributed by atoms with Gasteiger partial charge in [0.05, 0.1) is 0 Å². The van der Waals surface area contributed by atoms with Crippen molar-refractivity contribution in [2.45, 2.75) is 32.8 Å². The molecule has 76 valence electrons. The van der Waals surface area contributed by atoms with Gasteiger partial charge in [0, 0.05) is 0 Å². The first-order valence-corrected chi connectivity index (χ1v) is 3.68. The summed E-state index contributed by atoms with van der Waals surface area (Å²) in [7, 11) is 0. The molecule has 0 saturated heterocycles. The van der Waals surface area contributed by atoms with Crippen molar-refractivity contribution in [3.63, 3.8) is 0 Å². The van der Waals surface area contributed by atoms with Crippen LogP contribution in [0, 0.1) is 0 Å². The molecular weight excluding hydrogens is 180 g/mol. The van der Waals surface area contributed by atoms with Crippen LogP contribution in [0.4, 0.5) is 0 Å². The first-order chi connectivity index (χ1) is 5.93. The van der Waals surface area contributed by atoms with Crippen LogP contribution in [-0.4, -0.2) is 22.8 Å². The Kier molecular flexibility index (Phi) is 4.36. The van der Waals surface area contributed by atoms with E-state index in [9.17, 15) is 9.59 Å². The summed E-state index contributed by atoms with van der Waals surface area (Å²) >= 11 is 0. The van der Waals surface area contributed by atoms with Crippen molar-refractivity contribution in [2.75, 3.05) is 0 Å². The molecule has 0 aliphatic rings. The Hall–Kier alpha value is -1.14. The molecule has 0 aliphatic carbocycles. The van der Waals surface area contributed by atoms with Gasteiger partial charge in [0.15, 0.2) is 0 Å². The Morgan fingerprint density at radius 1 is 1.31 bits per heavy atom. The Morgan fingerprint density at radius 2 is 1.85 bits per heavy atom. The zero-order valence-electron chi connectivity index (χ0n) is 7.70. The maximum Gasteiger partial charge on any atom is 0.453 e. The molecule has 0 aromatic rings. The smallest absolute Gasteiger partial charge is 0.288 e. The zero-order chi connectivity index (χ0) is 10.5. The van der Waals surface area contributed by atoms with Gasteiger partial charge in [-0.1, -0.05) is 6.92 Å². The van der Waals surface area contributed by atoms with Crippen LogP contribution in [0.1, 0.15) is 27.2 Å². The zero-order valence-corrected chi connectivity index (χ0v) is 7.70. The van der Waals surface area contributed by atoms with Gasteiger partial charge in [-0.2, -0.15) is 10.1 Å². The normalized spacial score (nSPS) is 10.8. The summed E-state index contributed by atoms with van der Waals surface area (Å²) in [4.78, 5) is 32.6. The standard InChI is InChI=1S/C7H12O6/c1-4-7(2,3)13-12-6(9)5(8)11-10/h10H,4H2,1-3H3. The van der Waals surface area contributed by atoms with Gasteiger partial charge in [0.25, 0.3) is 0 Å². The molecule has 0 spiro atoms. The van der Waals surface area contributed by atoms with Crippen molar-refractivity contribution >= 4 is 11.9 Å². The highest BCUT2D eigenvalue weighted by Gasteiger charge is 2.24. The van der Waals surface area contributed by atoms with Gasteiger partial charge in [-0.05, 0) is 20.3 Å². The second-order valence-electron chi connectivity index (χ2n) is 2.95. The molecule has 6 heteroatoms. The molecule has 0 atom stereocenters. The lowest BCUT2D eigenvalue weighted by molar-refractivity contribution is -0.328. The highest BCUT2D eigenvalue weighted by molar-refractivity contribution is 6.29. The predicted molar refractivity (Wildman–Crippen MR) is 40.3 cm³/mol. The van der Waals surface area contributed by atoms with E-state index in [0.717, 1.165) is 0 Å². The third-order valence-electron chi connectivity index (χ3n) is 1.44. The lowest BCUT2D eigenvalue weighted by Crippen LogP contribution is -2.28. The van der Waals surface area contributed by atoms with Crippen LogP contribution in [0.5, 0.6) is 0 Å². The molecule has 0 fully saturated rings. The van der Waals surface area contributed by atoms with Crippen molar-refractivity contribution in [1.29, 1.82) is 0 Å². The summed E-state index contributed by atoms with van der Waals surface area (Å²) in [5, 5.41) is 7.79. The van der Waals surface area contributed by atoms with Gasteiger partial charge in [0.2, 0.25) is 0 Å². The van der Waals surface area contributed by atoms with E-state index in [-0.39, 0.29) is 0 Å². The lowest BCUT2D eigenvalue weighted by Gasteiger charge is -2.19. The third-order valence-corrected chi connectivity index (χ3v) is 1.44. The molecule has 1 N–H and O–H groups in total. The van der Waals surface area contributed by atoms with E-state index in [4.69, 9.17) is 5.26 Å². The van der Waals surface area contributed by atoms with Crippen LogP contribution in [0.25, 0.3) is 0 Å². The molecule has 0 bridgehead atoms. The maximum absolute atomic E-state index is 10.6. The minimum Gasteiger partial charge on any atom is -0.288 e. The fourth-order valence-electron chi connectivity index (χ4n) is 0.281. The summed E-state index contributed by atoms with van der Waals surface area (Å²) in [5.74, 6) is -2.92. The van der Waals surface area contributed by atoms with Crippen LogP contribution >= 0.6 is 0 Å². The van der Waals surface area contributed by atoms with Crippen molar-refractivity contribution in [3.05, 3.63) is 0 Å². The average molecular weight is 192 g/mol. The highest BCUT2D eigenvalue weighted by atomic mass is 17.2. The Morgan fingerprint density at radius 3 is 2.23 bits per heavy atom. The van der Waals surface area contributed by atoms with Crippen molar-refractivity contribution in [2.24, 2.45) is 0 Å². The summed E-state index contributed by atoms with van der Waals surface area (Å²) < 4.78 is 0. The Balaban J connectivity index is 3.90. The van der Waals surface area contributed by atoms with Crippen LogP contribution in [0.15, 0.2) is 0 Å². The molecular formula is C7H12O6. The van der Waals surface area contributed by atoms with Crippen LogP contribution in [0.3, 0.4) is 0 Å². The third kappa shape index (κ3) is 4.44. The average Bonchev–Trinajstić information content (AvgIpc) is 2.13. The Labute approximate surface area is 75.2 Å². The van der Waals surface area contributed by atoms with E-state index in [1.807, 2.05) is 6.92 Å². The lowest BCUT2D eigenvalue weighted by atomic mass is 10.1. The second-order valence-corrected chi connectivity index (χ2v) is 2.95. The SMILES string of the molecule is CCC(C)(C)OOC(=O)C(=O)OO. The quantitative estimate of drug-likeness (QED) is 0.402. The van der Waals surface area contributed by atoms with Gasteiger partial charge in [-0.3, -0.25) is 9.78 Å². The number of rotatable bonds is 3. The molecule has 13 heavy (non-hydrogen) atoms. The molecule has 0 unspecified atom stereocenters. The molecule has 0 amide bonds. The monoisotopic (exact) mass is 192 g/mol. The van der Waals surface area contributed by atoms with Crippen molar-refractivity contribution < 1.29 is 29.5 Å². The van der Waals surface area contributed by atoms with Gasteiger partial charge < -0.3 is 0 Å². The Bertz CT molecular complexity index is 197. The fourth-order valence-corrected chi connectivity index (χ4v) is 0.281. The summed E-state index contributed by atoms with van der Waals surface area (Å²) in [6, 6.07) is 0. The van der Waals surface area contributed by atoms with Crippen molar-refractivity contribution in [1.82, 2.24) is 0 Å². The highest BCUT2D eigenvalue weighted by Crippen LogP contribution is 2.13. The summed E-state index contributed by atoms with van der Waals surface area (Å²) in [6.45, 7) is 5.16. The van der Waals surface area contributed by atoms with Crippen LogP contribution < -0.4 is 0 Å². The minimum atomic E-state index is -1.52. The molecule has 6 nitrogen and oxygen atoms in total. The molecule has 0 rings (SSSR count). The number of hydrogen-bond donors (Lipinski definition) is 1. The maximum atomic E-state index is 10.6. The number of hydrogen-bond acceptors (Lipinski definition) is 6. The first-order valence-electron chi connectivity index (χ1n) is 3.68. The topological polar surface area (TPSA) is 82.1 Å². The van der Waals surface area contributed by atoms with Gasteiger partial charge >= 0.3 is 11.9 Å². The van der Waals surface area contributed by atoms with Crippen molar-refractivity contribution in [3.8, 4) is 0 Å². The van der Waals surface area contributed by atoms with Crippen LogP contribution in [-0.2, 0) is 24.3 Å². The van der Waals surface area contributed by atoms with E-state index in [0.29, 0.717) is 6.42 Å². The molecule has 0 heterocycles. The van der Waals surface area contributed by atoms with Gasteiger partial charge in [-0.15, -0.1) is 0 Å². The second kappa shape index (κ2) is 4.78. The summed E-state index contributed by atoms with van der Waals surface area (Å²) in [5.41, 5.74) is -0.675. The van der Waals surface area contributed by atoms with E-state index < -0.39 is 17.5 Å². The van der Waals surface area contributed by atoms with Crippen LogP contribution in [0.2, 0.25) is 0 Å². The van der Waals surface area contributed by atoms with Gasteiger partial charge in [0.1, 0.15) is 5.60 Å². The minimum absolute atomic E-state index is 0.592. The van der Waals surface area contributed by atoms with E-state index in [1.54, 1.807) is 13.8 Å². The molecule has 0 saturated carbocycles. The molecule has 0 aromatic carbocycles. The predicted octanol–water partition coefficient (Wildman–Crippen LogP) is 0.666. The number of carbonyl (C=O) groups is 2. The molecule has 0 aliphatic heterocycles. The fraction of sp³-hybridized carbons (Fsp3) is 0.714. The van der Waals surface area contributed by atoms with Gasteiger partial charge in [-0.25, -0.2) is 9.59 Å². The van der Waals surface area contributed by atoms with E-state index >= 15 is 0 Å². The van der Waals surface area contributed by atoms with E-state index in [1.165, 1.54) is 0 Å². The summed E-state index contributed by atoms with van der Waals surface area (Å²) in [6.07, 6.45) is 0.592. The largest absolute Gasteiger partial charge is 0.453 e.